The van der Waals surface area contributed by atoms with Gasteiger partial charge in [-0.3, -0.25) is 4.99 Å². The Balaban J connectivity index is 0.00000576. The molecule has 0 aliphatic rings. The van der Waals surface area contributed by atoms with E-state index in [2.05, 4.69) is 66.0 Å². The van der Waals surface area contributed by atoms with Gasteiger partial charge in [0.2, 0.25) is 0 Å². The second-order valence-corrected chi connectivity index (χ2v) is 8.23. The smallest absolute Gasteiger partial charge is 0.191 e. The van der Waals surface area contributed by atoms with Gasteiger partial charge in [0, 0.05) is 30.4 Å². The van der Waals surface area contributed by atoms with Crippen LogP contribution in [0.5, 0.6) is 0 Å². The molecule has 1 aromatic rings. The first-order valence-corrected chi connectivity index (χ1v) is 9.97. The average Bonchev–Trinajstić information content (AvgIpc) is 3.07. The highest BCUT2D eigenvalue weighted by Gasteiger charge is 2.21. The van der Waals surface area contributed by atoms with E-state index in [1.54, 1.807) is 0 Å². The van der Waals surface area contributed by atoms with Gasteiger partial charge >= 0.3 is 0 Å². The van der Waals surface area contributed by atoms with E-state index >= 15 is 0 Å². The number of rotatable bonds is 11. The van der Waals surface area contributed by atoms with Gasteiger partial charge < -0.3 is 15.5 Å². The largest absolute Gasteiger partial charge is 0.356 e. The maximum absolute atomic E-state index is 4.33. The zero-order valence-electron chi connectivity index (χ0n) is 16.6. The second-order valence-electron chi connectivity index (χ2n) is 7.28. The molecule has 0 saturated carbocycles. The number of guanidine groups is 1. The molecule has 0 aliphatic heterocycles. The molecule has 0 fully saturated rings. The van der Waals surface area contributed by atoms with E-state index in [4.69, 9.17) is 0 Å². The van der Waals surface area contributed by atoms with Crippen molar-refractivity contribution in [3.8, 4) is 0 Å². The summed E-state index contributed by atoms with van der Waals surface area (Å²) in [6.07, 6.45) is 6.46. The number of thiophene rings is 1. The molecule has 0 aliphatic carbocycles. The minimum Gasteiger partial charge on any atom is -0.356 e. The van der Waals surface area contributed by atoms with E-state index in [9.17, 15) is 0 Å². The topological polar surface area (TPSA) is 39.7 Å². The minimum absolute atomic E-state index is 0. The lowest BCUT2D eigenvalue weighted by Gasteiger charge is -2.25. The molecule has 0 atom stereocenters. The van der Waals surface area contributed by atoms with E-state index in [1.165, 1.54) is 43.5 Å². The zero-order valence-corrected chi connectivity index (χ0v) is 19.7. The highest BCUT2D eigenvalue weighted by atomic mass is 127. The number of aliphatic imine (C=N–C) groups is 1. The van der Waals surface area contributed by atoms with Crippen LogP contribution in [0.25, 0.3) is 0 Å². The summed E-state index contributed by atoms with van der Waals surface area (Å²) >= 11 is 1.82. The molecule has 146 valence electrons. The SMILES string of the molecule is CN=C(NCCCCCCCN(C)C)NCC(C)(C)c1cccs1.I. The van der Waals surface area contributed by atoms with Crippen LogP contribution in [0.4, 0.5) is 0 Å². The summed E-state index contributed by atoms with van der Waals surface area (Å²) in [7, 11) is 6.12. The summed E-state index contributed by atoms with van der Waals surface area (Å²) in [5.74, 6) is 0.909. The summed E-state index contributed by atoms with van der Waals surface area (Å²) in [6.45, 7) is 7.62. The van der Waals surface area contributed by atoms with Crippen LogP contribution in [0.3, 0.4) is 0 Å². The first kappa shape index (κ1) is 24.7. The van der Waals surface area contributed by atoms with Crippen molar-refractivity contribution in [2.45, 2.75) is 51.4 Å². The molecule has 0 spiro atoms. The van der Waals surface area contributed by atoms with Crippen molar-refractivity contribution in [2.24, 2.45) is 4.99 Å². The molecule has 1 rings (SSSR count). The number of halogens is 1. The third-order valence-corrected chi connectivity index (χ3v) is 5.42. The Labute approximate surface area is 175 Å². The predicted octanol–water partition coefficient (Wildman–Crippen LogP) is 4.32. The van der Waals surface area contributed by atoms with E-state index in [-0.39, 0.29) is 29.4 Å². The number of hydrogen-bond acceptors (Lipinski definition) is 3. The third-order valence-electron chi connectivity index (χ3n) is 4.18. The molecule has 0 saturated heterocycles. The van der Waals surface area contributed by atoms with Crippen LogP contribution in [0, 0.1) is 0 Å². The zero-order chi connectivity index (χ0) is 17.8. The van der Waals surface area contributed by atoms with Crippen LogP contribution >= 0.6 is 35.3 Å². The fraction of sp³-hybridized carbons (Fsp3) is 0.737. The molecule has 0 bridgehead atoms. The fourth-order valence-electron chi connectivity index (χ4n) is 2.57. The standard InChI is InChI=1S/C19H36N4S.HI/c1-19(2,17-12-11-15-24-17)16-22-18(20-3)21-13-9-7-6-8-10-14-23(4)5;/h11-12,15H,6-10,13-14,16H2,1-5H3,(H2,20,21,22);1H. The Morgan fingerprint density at radius 2 is 1.80 bits per heavy atom. The Morgan fingerprint density at radius 1 is 1.12 bits per heavy atom. The van der Waals surface area contributed by atoms with Crippen molar-refractivity contribution in [3.63, 3.8) is 0 Å². The van der Waals surface area contributed by atoms with Gasteiger partial charge in [0.15, 0.2) is 5.96 Å². The maximum Gasteiger partial charge on any atom is 0.191 e. The van der Waals surface area contributed by atoms with E-state index < -0.39 is 0 Å². The maximum atomic E-state index is 4.33. The lowest BCUT2D eigenvalue weighted by atomic mass is 9.91. The summed E-state index contributed by atoms with van der Waals surface area (Å²) < 4.78 is 0. The van der Waals surface area contributed by atoms with Crippen LogP contribution in [-0.2, 0) is 5.41 Å². The lowest BCUT2D eigenvalue weighted by Crippen LogP contribution is -2.43. The first-order valence-electron chi connectivity index (χ1n) is 9.09. The van der Waals surface area contributed by atoms with Crippen molar-refractivity contribution in [2.75, 3.05) is 40.8 Å². The molecule has 4 nitrogen and oxygen atoms in total. The summed E-state index contributed by atoms with van der Waals surface area (Å²) in [6, 6.07) is 4.33. The molecule has 0 aromatic carbocycles. The van der Waals surface area contributed by atoms with Crippen LogP contribution in [0.1, 0.15) is 50.8 Å². The van der Waals surface area contributed by atoms with Gasteiger partial charge in [-0.2, -0.15) is 0 Å². The molecular formula is C19H37IN4S. The molecule has 2 N–H and O–H groups in total. The molecule has 6 heteroatoms. The number of nitrogens with one attached hydrogen (secondary N) is 2. The molecule has 25 heavy (non-hydrogen) atoms. The van der Waals surface area contributed by atoms with Gasteiger partial charge in [-0.05, 0) is 44.9 Å². The van der Waals surface area contributed by atoms with Crippen LogP contribution < -0.4 is 10.6 Å². The van der Waals surface area contributed by atoms with Gasteiger partial charge in [0.05, 0.1) is 0 Å². The van der Waals surface area contributed by atoms with Crippen molar-refractivity contribution in [1.82, 2.24) is 15.5 Å². The Kier molecular flexibility index (Phi) is 13.6. The van der Waals surface area contributed by atoms with Crippen LogP contribution in [0.15, 0.2) is 22.5 Å². The molecule has 0 amide bonds. The van der Waals surface area contributed by atoms with Gasteiger partial charge in [0.25, 0.3) is 0 Å². The van der Waals surface area contributed by atoms with Crippen molar-refractivity contribution < 1.29 is 0 Å². The lowest BCUT2D eigenvalue weighted by molar-refractivity contribution is 0.389. The third kappa shape index (κ3) is 11.1. The molecule has 1 aromatic heterocycles. The normalized spacial score (nSPS) is 12.2. The second kappa shape index (κ2) is 13.8. The monoisotopic (exact) mass is 480 g/mol. The van der Waals surface area contributed by atoms with E-state index in [1.807, 2.05) is 18.4 Å². The van der Waals surface area contributed by atoms with E-state index in [0.29, 0.717) is 0 Å². The van der Waals surface area contributed by atoms with Crippen molar-refractivity contribution in [1.29, 1.82) is 0 Å². The highest BCUT2D eigenvalue weighted by molar-refractivity contribution is 14.0. The predicted molar refractivity (Wildman–Crippen MR) is 124 cm³/mol. The number of hydrogen-bond donors (Lipinski definition) is 2. The van der Waals surface area contributed by atoms with Gasteiger partial charge in [0.1, 0.15) is 0 Å². The Morgan fingerprint density at radius 3 is 2.40 bits per heavy atom. The minimum atomic E-state index is 0. The summed E-state index contributed by atoms with van der Waals surface area (Å²) in [5.41, 5.74) is 0.123. The summed E-state index contributed by atoms with van der Waals surface area (Å²) in [4.78, 5) is 8.00. The molecule has 1 heterocycles. The van der Waals surface area contributed by atoms with E-state index in [0.717, 1.165) is 19.0 Å². The molecule has 0 unspecified atom stereocenters. The van der Waals surface area contributed by atoms with Gasteiger partial charge in [-0.15, -0.1) is 35.3 Å². The van der Waals surface area contributed by atoms with Crippen LogP contribution in [0.2, 0.25) is 0 Å². The Hall–Kier alpha value is -0.340. The Bertz CT molecular complexity index is 458. The van der Waals surface area contributed by atoms with Gasteiger partial charge in [-0.1, -0.05) is 39.2 Å². The first-order chi connectivity index (χ1) is 11.5. The highest BCUT2D eigenvalue weighted by Crippen LogP contribution is 2.26. The number of unbranched alkanes of at least 4 members (excludes halogenated alkanes) is 4. The van der Waals surface area contributed by atoms with Crippen LogP contribution in [-0.4, -0.2) is 51.6 Å². The van der Waals surface area contributed by atoms with Gasteiger partial charge in [-0.25, -0.2) is 0 Å². The quantitative estimate of drug-likeness (QED) is 0.215. The van der Waals surface area contributed by atoms with Crippen molar-refractivity contribution in [3.05, 3.63) is 22.4 Å². The molecule has 0 radical (unpaired) electrons. The fourth-order valence-corrected chi connectivity index (χ4v) is 3.42. The number of nitrogens with zero attached hydrogens (tertiary/aromatic N) is 2. The summed E-state index contributed by atoms with van der Waals surface area (Å²) in [5, 5.41) is 9.03. The average molecular weight is 481 g/mol. The van der Waals surface area contributed by atoms with Crippen molar-refractivity contribution >= 4 is 41.3 Å². The molecular weight excluding hydrogens is 443 g/mol.